The molecule has 3 rings (SSSR count). The molecule has 0 aromatic heterocycles. The van der Waals surface area contributed by atoms with Crippen LogP contribution in [0.4, 0.5) is 18.9 Å². The molecule has 1 amide bonds. The van der Waals surface area contributed by atoms with Gasteiger partial charge in [0.2, 0.25) is 0 Å². The van der Waals surface area contributed by atoms with E-state index in [0.29, 0.717) is 16.7 Å². The summed E-state index contributed by atoms with van der Waals surface area (Å²) in [5.74, 6) is -0.240. The molecule has 6 heteroatoms. The van der Waals surface area contributed by atoms with Crippen molar-refractivity contribution in [2.24, 2.45) is 0 Å². The molecule has 0 fully saturated rings. The molecular weight excluding hydrogens is 371 g/mol. The molecule has 0 spiro atoms. The Labute approximate surface area is 139 Å². The van der Waals surface area contributed by atoms with Crippen LogP contribution in [-0.2, 0) is 11.0 Å². The van der Waals surface area contributed by atoms with Crippen LogP contribution in [0.2, 0.25) is 0 Å². The van der Waals surface area contributed by atoms with E-state index in [0.717, 1.165) is 22.3 Å². The van der Waals surface area contributed by atoms with E-state index >= 15 is 0 Å². The third-order valence-electron chi connectivity index (χ3n) is 3.67. The number of rotatable bonds is 1. The Hall–Kier alpha value is -2.08. The minimum Gasteiger partial charge on any atom is -0.311 e. The summed E-state index contributed by atoms with van der Waals surface area (Å²) in [6.07, 6.45) is -2.92. The number of likely N-dealkylation sites (N-methyl/N-ethyl adjacent to an activating group) is 1. The van der Waals surface area contributed by atoms with Crippen LogP contribution >= 0.6 is 15.9 Å². The molecule has 0 atom stereocenters. The Morgan fingerprint density at radius 1 is 1.13 bits per heavy atom. The van der Waals surface area contributed by atoms with Crippen molar-refractivity contribution in [3.63, 3.8) is 0 Å². The van der Waals surface area contributed by atoms with Crippen LogP contribution in [0.3, 0.4) is 0 Å². The fourth-order valence-corrected chi connectivity index (χ4v) is 2.89. The van der Waals surface area contributed by atoms with Gasteiger partial charge in [-0.15, -0.1) is 0 Å². The highest BCUT2D eigenvalue weighted by Gasteiger charge is 2.32. The minimum absolute atomic E-state index is 0.240. The number of hydrogen-bond donors (Lipinski definition) is 0. The Bertz CT molecular complexity index is 827. The smallest absolute Gasteiger partial charge is 0.311 e. The maximum absolute atomic E-state index is 12.8. The third kappa shape index (κ3) is 2.91. The zero-order valence-electron chi connectivity index (χ0n) is 12.0. The average Bonchev–Trinajstić information content (AvgIpc) is 2.71. The molecule has 1 aliphatic rings. The molecule has 2 aromatic rings. The molecule has 2 nitrogen and oxygen atoms in total. The maximum Gasteiger partial charge on any atom is 0.416 e. The number of amides is 1. The zero-order chi connectivity index (χ0) is 16.8. The van der Waals surface area contributed by atoms with Crippen molar-refractivity contribution in [1.82, 2.24) is 0 Å². The lowest BCUT2D eigenvalue weighted by atomic mass is 10.0. The first-order chi connectivity index (χ1) is 10.8. The number of carbonyl (C=O) groups is 1. The van der Waals surface area contributed by atoms with Crippen LogP contribution in [0, 0.1) is 0 Å². The summed E-state index contributed by atoms with van der Waals surface area (Å²) in [7, 11) is 1.64. The summed E-state index contributed by atoms with van der Waals surface area (Å²) in [6.45, 7) is 0. The number of hydrogen-bond acceptors (Lipinski definition) is 1. The maximum atomic E-state index is 12.8. The summed E-state index contributed by atoms with van der Waals surface area (Å²) in [5, 5.41) is 0. The van der Waals surface area contributed by atoms with E-state index in [2.05, 4.69) is 15.9 Å². The van der Waals surface area contributed by atoms with Crippen LogP contribution in [-0.4, -0.2) is 13.0 Å². The second-order valence-corrected chi connectivity index (χ2v) is 6.12. The zero-order valence-corrected chi connectivity index (χ0v) is 13.6. The van der Waals surface area contributed by atoms with E-state index in [1.54, 1.807) is 25.2 Å². The van der Waals surface area contributed by atoms with Gasteiger partial charge in [0.25, 0.3) is 5.91 Å². The predicted molar refractivity (Wildman–Crippen MR) is 86.9 cm³/mol. The summed E-state index contributed by atoms with van der Waals surface area (Å²) < 4.78 is 39.2. The molecule has 0 radical (unpaired) electrons. The average molecular weight is 382 g/mol. The molecule has 0 aliphatic carbocycles. The summed E-state index contributed by atoms with van der Waals surface area (Å²) in [5.41, 5.74) is 1.41. The van der Waals surface area contributed by atoms with Crippen molar-refractivity contribution in [3.05, 3.63) is 63.6 Å². The van der Waals surface area contributed by atoms with Gasteiger partial charge in [-0.2, -0.15) is 13.2 Å². The topological polar surface area (TPSA) is 20.3 Å². The number of anilines is 1. The molecule has 0 unspecified atom stereocenters. The summed E-state index contributed by atoms with van der Waals surface area (Å²) in [6, 6.07) is 10.3. The SMILES string of the molecule is CN1C(=O)C(=Cc2cccc(C(F)(F)F)c2)c2cc(Br)ccc21. The fraction of sp³-hybridized carbons (Fsp3) is 0.118. The molecule has 0 bridgehead atoms. The van der Waals surface area contributed by atoms with Gasteiger partial charge < -0.3 is 4.90 Å². The lowest BCUT2D eigenvalue weighted by Gasteiger charge is -2.08. The first kappa shape index (κ1) is 15.8. The van der Waals surface area contributed by atoms with Crippen LogP contribution in [0.5, 0.6) is 0 Å². The number of halogens is 4. The standard InChI is InChI=1S/C17H11BrF3NO/c1-22-15-6-5-12(18)9-13(15)14(16(22)23)8-10-3-2-4-11(7-10)17(19,20)21/h2-9H,1H3. The van der Waals surface area contributed by atoms with Crippen LogP contribution in [0.25, 0.3) is 11.6 Å². The number of alkyl halides is 3. The fourth-order valence-electron chi connectivity index (χ4n) is 2.53. The van der Waals surface area contributed by atoms with Crippen LogP contribution in [0.15, 0.2) is 46.9 Å². The highest BCUT2D eigenvalue weighted by atomic mass is 79.9. The Morgan fingerprint density at radius 2 is 1.87 bits per heavy atom. The first-order valence-corrected chi connectivity index (χ1v) is 7.53. The number of nitrogens with zero attached hydrogens (tertiary/aromatic N) is 1. The van der Waals surface area contributed by atoms with Crippen molar-refractivity contribution < 1.29 is 18.0 Å². The Balaban J connectivity index is 2.11. The highest BCUT2D eigenvalue weighted by Crippen LogP contribution is 2.39. The Kier molecular flexibility index (Phi) is 3.80. The van der Waals surface area contributed by atoms with Gasteiger partial charge in [-0.3, -0.25) is 4.79 Å². The van der Waals surface area contributed by atoms with E-state index in [1.807, 2.05) is 6.07 Å². The van der Waals surface area contributed by atoms with Gasteiger partial charge in [-0.1, -0.05) is 28.1 Å². The van der Waals surface area contributed by atoms with Gasteiger partial charge in [0.1, 0.15) is 0 Å². The highest BCUT2D eigenvalue weighted by molar-refractivity contribution is 9.10. The van der Waals surface area contributed by atoms with Crippen molar-refractivity contribution in [2.75, 3.05) is 11.9 Å². The molecule has 0 saturated carbocycles. The molecular formula is C17H11BrF3NO. The van der Waals surface area contributed by atoms with Gasteiger partial charge in [0.05, 0.1) is 11.3 Å². The molecule has 2 aromatic carbocycles. The number of fused-ring (bicyclic) bond motifs is 1. The van der Waals surface area contributed by atoms with Crippen molar-refractivity contribution in [1.29, 1.82) is 0 Å². The molecule has 118 valence electrons. The lowest BCUT2D eigenvalue weighted by Crippen LogP contribution is -2.20. The van der Waals surface area contributed by atoms with Gasteiger partial charge in [-0.05, 0) is 42.0 Å². The van der Waals surface area contributed by atoms with Crippen LogP contribution in [0.1, 0.15) is 16.7 Å². The molecule has 1 heterocycles. The predicted octanol–water partition coefficient (Wildman–Crippen LogP) is 4.98. The van der Waals surface area contributed by atoms with Crippen molar-refractivity contribution >= 4 is 39.2 Å². The summed E-state index contributed by atoms with van der Waals surface area (Å²) >= 11 is 3.35. The minimum atomic E-state index is -4.41. The van der Waals surface area contributed by atoms with E-state index in [9.17, 15) is 18.0 Å². The number of carbonyl (C=O) groups excluding carboxylic acids is 1. The lowest BCUT2D eigenvalue weighted by molar-refractivity contribution is -0.137. The van der Waals surface area contributed by atoms with E-state index < -0.39 is 11.7 Å². The molecule has 0 N–H and O–H groups in total. The third-order valence-corrected chi connectivity index (χ3v) is 4.16. The van der Waals surface area contributed by atoms with Gasteiger partial charge in [-0.25, -0.2) is 0 Å². The van der Waals surface area contributed by atoms with E-state index in [1.165, 1.54) is 17.0 Å². The monoisotopic (exact) mass is 381 g/mol. The second-order valence-electron chi connectivity index (χ2n) is 5.21. The largest absolute Gasteiger partial charge is 0.416 e. The van der Waals surface area contributed by atoms with Crippen molar-refractivity contribution in [3.8, 4) is 0 Å². The molecule has 1 aliphatic heterocycles. The van der Waals surface area contributed by atoms with Crippen LogP contribution < -0.4 is 4.90 Å². The number of benzene rings is 2. The van der Waals surface area contributed by atoms with E-state index in [4.69, 9.17) is 0 Å². The molecule has 0 saturated heterocycles. The second kappa shape index (κ2) is 5.53. The van der Waals surface area contributed by atoms with E-state index in [-0.39, 0.29) is 5.91 Å². The molecule has 23 heavy (non-hydrogen) atoms. The van der Waals surface area contributed by atoms with Crippen molar-refractivity contribution in [2.45, 2.75) is 6.18 Å². The first-order valence-electron chi connectivity index (χ1n) is 6.74. The quantitative estimate of drug-likeness (QED) is 0.637. The summed E-state index contributed by atoms with van der Waals surface area (Å²) in [4.78, 5) is 13.9. The van der Waals surface area contributed by atoms with Gasteiger partial charge in [0, 0.05) is 22.7 Å². The van der Waals surface area contributed by atoms with Gasteiger partial charge in [0.15, 0.2) is 0 Å². The van der Waals surface area contributed by atoms with Gasteiger partial charge >= 0.3 is 6.18 Å². The Morgan fingerprint density at radius 3 is 2.57 bits per heavy atom. The normalized spacial score (nSPS) is 16.1.